The van der Waals surface area contributed by atoms with E-state index in [1.807, 2.05) is 6.07 Å². The highest BCUT2D eigenvalue weighted by atomic mass is 32.1. The second-order valence-electron chi connectivity index (χ2n) is 4.43. The summed E-state index contributed by atoms with van der Waals surface area (Å²) >= 11 is 4.03. The molecule has 0 aromatic heterocycles. The maximum Gasteiger partial charge on any atom is 0.404 e. The van der Waals surface area contributed by atoms with E-state index in [-0.39, 0.29) is 5.75 Å². The Morgan fingerprint density at radius 3 is 2.35 bits per heavy atom. The van der Waals surface area contributed by atoms with Crippen molar-refractivity contribution in [1.82, 2.24) is 5.32 Å². The lowest BCUT2D eigenvalue weighted by molar-refractivity contribution is -0.168. The van der Waals surface area contributed by atoms with Gasteiger partial charge in [-0.05, 0) is 12.0 Å². The van der Waals surface area contributed by atoms with E-state index in [1.165, 1.54) is 0 Å². The van der Waals surface area contributed by atoms with Crippen molar-refractivity contribution < 1.29 is 23.1 Å². The number of hydrogen-bond acceptors (Lipinski definition) is 3. The Bertz CT molecular complexity index is 425. The number of thiol groups is 1. The third kappa shape index (κ3) is 5.83. The van der Waals surface area contributed by atoms with Crippen LogP contribution in [0, 0.1) is 0 Å². The molecule has 3 nitrogen and oxygen atoms in total. The lowest BCUT2D eigenvalue weighted by Crippen LogP contribution is -2.49. The maximum absolute atomic E-state index is 12.8. The molecular formula is C13H16F3NO2S. The second kappa shape index (κ2) is 7.54. The van der Waals surface area contributed by atoms with Gasteiger partial charge in [-0.3, -0.25) is 4.79 Å². The van der Waals surface area contributed by atoms with Crippen LogP contribution in [0.5, 0.6) is 0 Å². The Morgan fingerprint density at radius 2 is 1.90 bits per heavy atom. The molecule has 0 unspecified atom stereocenters. The number of benzene rings is 1. The number of carboxylic acids is 1. The van der Waals surface area contributed by atoms with E-state index in [2.05, 4.69) is 17.9 Å². The smallest absolute Gasteiger partial charge is 0.404 e. The second-order valence-corrected chi connectivity index (χ2v) is 4.79. The highest BCUT2D eigenvalue weighted by Gasteiger charge is 2.41. The first kappa shape index (κ1) is 16.8. The Kier molecular flexibility index (Phi) is 6.35. The predicted octanol–water partition coefficient (Wildman–Crippen LogP) is 2.52. The normalized spacial score (nSPS) is 14.8. The summed E-state index contributed by atoms with van der Waals surface area (Å²) < 4.78 is 38.3. The summed E-state index contributed by atoms with van der Waals surface area (Å²) in [7, 11) is 0. The van der Waals surface area contributed by atoms with Crippen LogP contribution >= 0.6 is 12.6 Å². The molecule has 0 aliphatic carbocycles. The van der Waals surface area contributed by atoms with E-state index < -0.39 is 30.7 Å². The van der Waals surface area contributed by atoms with Gasteiger partial charge >= 0.3 is 12.1 Å². The zero-order valence-corrected chi connectivity index (χ0v) is 11.5. The van der Waals surface area contributed by atoms with Crippen LogP contribution in [0.4, 0.5) is 13.2 Å². The lowest BCUT2D eigenvalue weighted by atomic mass is 10.1. The number of hydrogen-bond donors (Lipinski definition) is 3. The first-order valence-electron chi connectivity index (χ1n) is 6.02. The van der Waals surface area contributed by atoms with Crippen LogP contribution in [-0.4, -0.2) is 35.1 Å². The largest absolute Gasteiger partial charge is 0.481 e. The van der Waals surface area contributed by atoms with Gasteiger partial charge in [0.15, 0.2) is 0 Å². The monoisotopic (exact) mass is 307 g/mol. The van der Waals surface area contributed by atoms with Gasteiger partial charge in [-0.25, -0.2) is 0 Å². The van der Waals surface area contributed by atoms with E-state index in [9.17, 15) is 18.0 Å². The fourth-order valence-corrected chi connectivity index (χ4v) is 2.04. The van der Waals surface area contributed by atoms with Gasteiger partial charge in [0.25, 0.3) is 0 Å². The Balaban J connectivity index is 2.71. The average molecular weight is 307 g/mol. The molecule has 0 fully saturated rings. The highest BCUT2D eigenvalue weighted by molar-refractivity contribution is 7.80. The molecule has 0 saturated carbocycles. The summed E-state index contributed by atoms with van der Waals surface area (Å²) in [6.07, 6.45) is -5.24. The van der Waals surface area contributed by atoms with Gasteiger partial charge < -0.3 is 10.4 Å². The number of nitrogens with one attached hydrogen (secondary N) is 1. The molecule has 2 N–H and O–H groups in total. The van der Waals surface area contributed by atoms with Crippen LogP contribution in [0.2, 0.25) is 0 Å². The first-order valence-corrected chi connectivity index (χ1v) is 6.65. The fourth-order valence-electron chi connectivity index (χ4n) is 1.80. The topological polar surface area (TPSA) is 49.3 Å². The standard InChI is InChI=1S/C13H16F3NO2S/c14-13(15,16)11(7-12(18)19)17-10(8-20)6-9-4-2-1-3-5-9/h1-5,10-11,17,20H,6-8H2,(H,18,19)/t10-,11+/m1/s1. The molecule has 0 amide bonds. The van der Waals surface area contributed by atoms with Crippen LogP contribution in [0.1, 0.15) is 12.0 Å². The highest BCUT2D eigenvalue weighted by Crippen LogP contribution is 2.23. The van der Waals surface area contributed by atoms with Crippen molar-refractivity contribution in [2.75, 3.05) is 5.75 Å². The number of carboxylic acid groups (broad SMARTS) is 1. The number of aliphatic carboxylic acids is 1. The molecule has 7 heteroatoms. The molecule has 0 heterocycles. The third-order valence-corrected chi connectivity index (χ3v) is 3.20. The molecule has 1 aromatic rings. The quantitative estimate of drug-likeness (QED) is 0.679. The summed E-state index contributed by atoms with van der Waals surface area (Å²) in [4.78, 5) is 10.5. The Hall–Kier alpha value is -1.21. The van der Waals surface area contributed by atoms with Crippen molar-refractivity contribution in [3.63, 3.8) is 0 Å². The lowest BCUT2D eigenvalue weighted by Gasteiger charge is -2.25. The molecule has 2 atom stereocenters. The fraction of sp³-hybridized carbons (Fsp3) is 0.462. The summed E-state index contributed by atoms with van der Waals surface area (Å²) in [5.41, 5.74) is 0.871. The zero-order valence-electron chi connectivity index (χ0n) is 10.6. The van der Waals surface area contributed by atoms with E-state index >= 15 is 0 Å². The molecule has 112 valence electrons. The molecule has 1 aromatic carbocycles. The van der Waals surface area contributed by atoms with Crippen molar-refractivity contribution in [3.05, 3.63) is 35.9 Å². The van der Waals surface area contributed by atoms with E-state index in [0.717, 1.165) is 5.56 Å². The zero-order chi connectivity index (χ0) is 15.2. The van der Waals surface area contributed by atoms with E-state index in [0.29, 0.717) is 6.42 Å². The van der Waals surface area contributed by atoms with Crippen LogP contribution < -0.4 is 5.32 Å². The van der Waals surface area contributed by atoms with Crippen LogP contribution in [0.15, 0.2) is 30.3 Å². The minimum Gasteiger partial charge on any atom is -0.481 e. The van der Waals surface area contributed by atoms with Gasteiger partial charge in [0.1, 0.15) is 6.04 Å². The van der Waals surface area contributed by atoms with Crippen molar-refractivity contribution in [3.8, 4) is 0 Å². The maximum atomic E-state index is 12.8. The van der Waals surface area contributed by atoms with Crippen molar-refractivity contribution in [2.45, 2.75) is 31.1 Å². The molecular weight excluding hydrogens is 291 g/mol. The summed E-state index contributed by atoms with van der Waals surface area (Å²) in [5.74, 6) is -1.31. The summed E-state index contributed by atoms with van der Waals surface area (Å²) in [6, 6.07) is 6.39. The number of carbonyl (C=O) groups is 1. The van der Waals surface area contributed by atoms with Crippen molar-refractivity contribution in [1.29, 1.82) is 0 Å². The SMILES string of the molecule is O=C(O)C[C@H](N[C@@H](CS)Cc1ccccc1)C(F)(F)F. The van der Waals surface area contributed by atoms with Crippen LogP contribution in [-0.2, 0) is 11.2 Å². The summed E-state index contributed by atoms with van der Waals surface area (Å²) in [5, 5.41) is 10.9. The molecule has 0 aliphatic rings. The Labute approximate surface area is 120 Å². The van der Waals surface area contributed by atoms with Gasteiger partial charge in [0.05, 0.1) is 6.42 Å². The molecule has 20 heavy (non-hydrogen) atoms. The summed E-state index contributed by atoms with van der Waals surface area (Å²) in [6.45, 7) is 0. The van der Waals surface area contributed by atoms with Crippen molar-refractivity contribution in [2.24, 2.45) is 0 Å². The van der Waals surface area contributed by atoms with Crippen LogP contribution in [0.3, 0.4) is 0 Å². The number of alkyl halides is 3. The third-order valence-electron chi connectivity index (χ3n) is 2.76. The van der Waals surface area contributed by atoms with E-state index in [1.54, 1.807) is 24.3 Å². The van der Waals surface area contributed by atoms with Gasteiger partial charge in [0.2, 0.25) is 0 Å². The average Bonchev–Trinajstić information content (AvgIpc) is 2.36. The minimum atomic E-state index is -4.60. The molecule has 1 rings (SSSR count). The van der Waals surface area contributed by atoms with Crippen LogP contribution in [0.25, 0.3) is 0 Å². The minimum absolute atomic E-state index is 0.182. The Morgan fingerprint density at radius 1 is 1.30 bits per heavy atom. The van der Waals surface area contributed by atoms with Gasteiger partial charge in [0, 0.05) is 11.8 Å². The molecule has 0 spiro atoms. The number of halogens is 3. The molecule has 0 radical (unpaired) electrons. The van der Waals surface area contributed by atoms with Crippen molar-refractivity contribution >= 4 is 18.6 Å². The van der Waals surface area contributed by atoms with Gasteiger partial charge in [-0.15, -0.1) is 0 Å². The molecule has 0 bridgehead atoms. The van der Waals surface area contributed by atoms with Gasteiger partial charge in [-0.1, -0.05) is 30.3 Å². The van der Waals surface area contributed by atoms with E-state index in [4.69, 9.17) is 5.11 Å². The predicted molar refractivity (Wildman–Crippen MR) is 73.0 cm³/mol. The van der Waals surface area contributed by atoms with Gasteiger partial charge in [-0.2, -0.15) is 25.8 Å². The molecule has 0 saturated heterocycles. The molecule has 0 aliphatic heterocycles. The number of rotatable bonds is 7. The first-order chi connectivity index (χ1) is 9.32.